The van der Waals surface area contributed by atoms with Crippen molar-refractivity contribution in [2.75, 3.05) is 12.8 Å². The monoisotopic (exact) mass is 275 g/mol. The lowest BCUT2D eigenvalue weighted by Gasteiger charge is -2.08. The van der Waals surface area contributed by atoms with Gasteiger partial charge >= 0.3 is 0 Å². The van der Waals surface area contributed by atoms with E-state index in [4.69, 9.17) is 10.5 Å². The second kappa shape index (κ2) is 5.89. The number of nitrogen functional groups attached to an aromatic ring is 1. The minimum absolute atomic E-state index is 0.456. The molecule has 100 valence electrons. The van der Waals surface area contributed by atoms with Gasteiger partial charge in [-0.3, -0.25) is 4.21 Å². The number of anilines is 1. The van der Waals surface area contributed by atoms with Gasteiger partial charge in [0, 0.05) is 5.69 Å². The topological polar surface area (TPSA) is 52.3 Å². The highest BCUT2D eigenvalue weighted by atomic mass is 32.2. The zero-order valence-electron chi connectivity index (χ0n) is 11.1. The fourth-order valence-corrected chi connectivity index (χ4v) is 2.98. The Morgan fingerprint density at radius 3 is 2.47 bits per heavy atom. The first-order valence-corrected chi connectivity index (χ1v) is 7.29. The van der Waals surface area contributed by atoms with Gasteiger partial charge in [0.1, 0.15) is 5.75 Å². The highest BCUT2D eigenvalue weighted by molar-refractivity contribution is 7.84. The lowest BCUT2D eigenvalue weighted by molar-refractivity contribution is 0.413. The van der Waals surface area contributed by atoms with E-state index >= 15 is 0 Å². The lowest BCUT2D eigenvalue weighted by atomic mass is 10.2. The van der Waals surface area contributed by atoms with E-state index in [-0.39, 0.29) is 0 Å². The molecule has 2 N–H and O–H groups in total. The van der Waals surface area contributed by atoms with Gasteiger partial charge in [-0.1, -0.05) is 29.8 Å². The Kier molecular flexibility index (Phi) is 4.22. The normalized spacial score (nSPS) is 12.1. The van der Waals surface area contributed by atoms with E-state index < -0.39 is 10.8 Å². The summed E-state index contributed by atoms with van der Waals surface area (Å²) in [4.78, 5) is 0.625. The zero-order chi connectivity index (χ0) is 13.8. The van der Waals surface area contributed by atoms with Crippen molar-refractivity contribution in [3.63, 3.8) is 0 Å². The number of methoxy groups -OCH3 is 1. The third-order valence-electron chi connectivity index (χ3n) is 2.88. The van der Waals surface area contributed by atoms with Gasteiger partial charge in [-0.15, -0.1) is 0 Å². The van der Waals surface area contributed by atoms with E-state index in [2.05, 4.69) is 0 Å². The van der Waals surface area contributed by atoms with Crippen molar-refractivity contribution >= 4 is 16.5 Å². The molecule has 0 heterocycles. The van der Waals surface area contributed by atoms with Crippen LogP contribution in [0.3, 0.4) is 0 Å². The summed E-state index contributed by atoms with van der Waals surface area (Å²) in [5.74, 6) is 1.12. The molecule has 0 aliphatic rings. The molecule has 0 fully saturated rings. The molecule has 0 aliphatic carbocycles. The second-order valence-corrected chi connectivity index (χ2v) is 5.80. The summed E-state index contributed by atoms with van der Waals surface area (Å²) in [6, 6.07) is 13.2. The zero-order valence-corrected chi connectivity index (χ0v) is 11.9. The van der Waals surface area contributed by atoms with E-state index in [1.54, 1.807) is 25.3 Å². The number of nitrogens with two attached hydrogens (primary N) is 1. The number of benzene rings is 2. The van der Waals surface area contributed by atoms with Gasteiger partial charge in [0.25, 0.3) is 0 Å². The molecule has 0 radical (unpaired) electrons. The maximum absolute atomic E-state index is 12.4. The van der Waals surface area contributed by atoms with Crippen molar-refractivity contribution < 1.29 is 8.95 Å². The molecule has 0 amide bonds. The number of rotatable bonds is 4. The van der Waals surface area contributed by atoms with E-state index in [0.717, 1.165) is 5.56 Å². The minimum atomic E-state index is -1.17. The Morgan fingerprint density at radius 2 is 1.84 bits per heavy atom. The number of hydrogen-bond acceptors (Lipinski definition) is 3. The third-order valence-corrected chi connectivity index (χ3v) is 4.32. The quantitative estimate of drug-likeness (QED) is 0.873. The molecule has 19 heavy (non-hydrogen) atoms. The van der Waals surface area contributed by atoms with Crippen LogP contribution in [-0.4, -0.2) is 11.3 Å². The molecule has 2 aromatic rings. The van der Waals surface area contributed by atoms with Crippen molar-refractivity contribution in [3.05, 3.63) is 53.6 Å². The SMILES string of the molecule is COc1ccc(N)c(S(=O)Cc2ccc(C)cc2)c1. The molecular formula is C15H17NO2S. The first-order valence-electron chi connectivity index (χ1n) is 5.97. The molecular weight excluding hydrogens is 258 g/mol. The van der Waals surface area contributed by atoms with Gasteiger partial charge in [-0.2, -0.15) is 0 Å². The van der Waals surface area contributed by atoms with E-state index in [9.17, 15) is 4.21 Å². The first-order chi connectivity index (χ1) is 9.10. The van der Waals surface area contributed by atoms with Crippen LogP contribution >= 0.6 is 0 Å². The van der Waals surface area contributed by atoms with Crippen LogP contribution in [0, 0.1) is 6.92 Å². The number of ether oxygens (including phenoxy) is 1. The molecule has 2 rings (SSSR count). The minimum Gasteiger partial charge on any atom is -0.497 e. The van der Waals surface area contributed by atoms with Crippen molar-refractivity contribution in [1.29, 1.82) is 0 Å². The Bertz CT molecular complexity index is 594. The number of aryl methyl sites for hydroxylation is 1. The highest BCUT2D eigenvalue weighted by Gasteiger charge is 2.10. The van der Waals surface area contributed by atoms with Crippen LogP contribution in [0.2, 0.25) is 0 Å². The van der Waals surface area contributed by atoms with E-state index in [0.29, 0.717) is 22.1 Å². The predicted molar refractivity (Wildman–Crippen MR) is 78.7 cm³/mol. The lowest BCUT2D eigenvalue weighted by Crippen LogP contribution is -2.01. The Balaban J connectivity index is 2.22. The second-order valence-electron chi connectivity index (χ2n) is 4.38. The summed E-state index contributed by atoms with van der Waals surface area (Å²) in [5, 5.41) is 0. The molecule has 2 aromatic carbocycles. The molecule has 0 aromatic heterocycles. The van der Waals surface area contributed by atoms with Crippen LogP contribution in [0.4, 0.5) is 5.69 Å². The summed E-state index contributed by atoms with van der Waals surface area (Å²) in [5.41, 5.74) is 8.63. The van der Waals surface area contributed by atoms with Gasteiger partial charge in [-0.25, -0.2) is 0 Å². The van der Waals surface area contributed by atoms with Crippen LogP contribution in [0.15, 0.2) is 47.4 Å². The Morgan fingerprint density at radius 1 is 1.16 bits per heavy atom. The summed E-state index contributed by atoms with van der Waals surface area (Å²) in [6.07, 6.45) is 0. The van der Waals surface area contributed by atoms with Crippen molar-refractivity contribution in [2.24, 2.45) is 0 Å². The summed E-state index contributed by atoms with van der Waals surface area (Å²) < 4.78 is 17.5. The van der Waals surface area contributed by atoms with Gasteiger partial charge in [0.15, 0.2) is 0 Å². The smallest absolute Gasteiger partial charge is 0.120 e. The molecule has 1 unspecified atom stereocenters. The van der Waals surface area contributed by atoms with Gasteiger partial charge in [-0.05, 0) is 30.7 Å². The highest BCUT2D eigenvalue weighted by Crippen LogP contribution is 2.24. The fraction of sp³-hybridized carbons (Fsp3) is 0.200. The largest absolute Gasteiger partial charge is 0.497 e. The molecule has 0 spiro atoms. The maximum Gasteiger partial charge on any atom is 0.120 e. The molecule has 0 saturated carbocycles. The molecule has 3 nitrogen and oxygen atoms in total. The van der Waals surface area contributed by atoms with Crippen LogP contribution in [0.5, 0.6) is 5.75 Å². The average molecular weight is 275 g/mol. The molecule has 4 heteroatoms. The molecule has 0 aliphatic heterocycles. The standard InChI is InChI=1S/C15H17NO2S/c1-11-3-5-12(6-4-11)10-19(17)15-9-13(18-2)7-8-14(15)16/h3-9H,10,16H2,1-2H3. The van der Waals surface area contributed by atoms with Gasteiger partial charge < -0.3 is 10.5 Å². The van der Waals surface area contributed by atoms with Gasteiger partial charge in [0.05, 0.1) is 28.6 Å². The van der Waals surface area contributed by atoms with Gasteiger partial charge in [0.2, 0.25) is 0 Å². The van der Waals surface area contributed by atoms with Crippen molar-refractivity contribution in [2.45, 2.75) is 17.6 Å². The van der Waals surface area contributed by atoms with Crippen LogP contribution in [0.1, 0.15) is 11.1 Å². The van der Waals surface area contributed by atoms with Crippen molar-refractivity contribution in [3.8, 4) is 5.75 Å². The summed E-state index contributed by atoms with van der Waals surface area (Å²) >= 11 is 0. The van der Waals surface area contributed by atoms with Crippen LogP contribution < -0.4 is 10.5 Å². The maximum atomic E-state index is 12.4. The van der Waals surface area contributed by atoms with E-state index in [1.807, 2.05) is 31.2 Å². The predicted octanol–water partition coefficient (Wildman–Crippen LogP) is 2.89. The molecule has 0 saturated heterocycles. The van der Waals surface area contributed by atoms with E-state index in [1.165, 1.54) is 5.56 Å². The Labute approximate surface area is 115 Å². The third kappa shape index (κ3) is 3.35. The molecule has 0 bridgehead atoms. The first kappa shape index (κ1) is 13.6. The average Bonchev–Trinajstić information content (AvgIpc) is 2.42. The molecule has 1 atom stereocenters. The van der Waals surface area contributed by atoms with Crippen LogP contribution in [0.25, 0.3) is 0 Å². The number of hydrogen-bond donors (Lipinski definition) is 1. The van der Waals surface area contributed by atoms with Crippen LogP contribution in [-0.2, 0) is 16.6 Å². The Hall–Kier alpha value is -1.81. The summed E-state index contributed by atoms with van der Waals surface area (Å²) in [7, 11) is 0.412. The summed E-state index contributed by atoms with van der Waals surface area (Å²) in [6.45, 7) is 2.03. The fourth-order valence-electron chi connectivity index (χ4n) is 1.75. The van der Waals surface area contributed by atoms with Crippen molar-refractivity contribution in [1.82, 2.24) is 0 Å².